The predicted octanol–water partition coefficient (Wildman–Crippen LogP) is -0.151. The molecule has 3 nitrogen and oxygen atoms in total. The molecule has 2 atom stereocenters. The molecule has 1 N–H and O–H groups in total. The number of carbonyl (C=O) groups excluding carboxylic acids is 1. The molecule has 0 aromatic rings. The maximum Gasteiger partial charge on any atom is 0.336 e. The van der Waals surface area contributed by atoms with E-state index in [0.29, 0.717) is 0 Å². The second kappa shape index (κ2) is 1.84. The molecule has 0 saturated carbocycles. The zero-order valence-electron chi connectivity index (χ0n) is 5.13. The normalized spacial score (nSPS) is 34.9. The van der Waals surface area contributed by atoms with Gasteiger partial charge in [0.1, 0.15) is 12.2 Å². The number of hydrogen-bond acceptors (Lipinski definition) is 3. The zero-order chi connectivity index (χ0) is 7.02. The highest BCUT2D eigenvalue weighted by Gasteiger charge is 2.33. The van der Waals surface area contributed by atoms with Crippen LogP contribution in [0.3, 0.4) is 0 Å². The molecule has 1 fully saturated rings. The standard InChI is InChI=1S/C6H8O3/c1-3-5(7)4(2)9-6(3)8/h4-5,7H,1H2,2H3/t4-,5-/m0/s1. The Bertz CT molecular complexity index is 162. The van der Waals surface area contributed by atoms with E-state index < -0.39 is 18.2 Å². The molecule has 3 heteroatoms. The number of carbonyl (C=O) groups is 1. The van der Waals surface area contributed by atoms with Crippen LogP contribution >= 0.6 is 0 Å². The van der Waals surface area contributed by atoms with Crippen molar-refractivity contribution in [3.05, 3.63) is 12.2 Å². The summed E-state index contributed by atoms with van der Waals surface area (Å²) < 4.78 is 4.60. The summed E-state index contributed by atoms with van der Waals surface area (Å²) in [4.78, 5) is 10.5. The molecular formula is C6H8O3. The van der Waals surface area contributed by atoms with Gasteiger partial charge in [-0.2, -0.15) is 0 Å². The first-order valence-corrected chi connectivity index (χ1v) is 2.71. The molecule has 1 aliphatic rings. The molecular weight excluding hydrogens is 120 g/mol. The van der Waals surface area contributed by atoms with Crippen molar-refractivity contribution in [1.29, 1.82) is 0 Å². The van der Waals surface area contributed by atoms with Crippen molar-refractivity contribution in [2.75, 3.05) is 0 Å². The van der Waals surface area contributed by atoms with Crippen LogP contribution in [-0.4, -0.2) is 23.3 Å². The highest BCUT2D eigenvalue weighted by Crippen LogP contribution is 2.18. The van der Waals surface area contributed by atoms with Crippen molar-refractivity contribution in [3.63, 3.8) is 0 Å². The van der Waals surface area contributed by atoms with Gasteiger partial charge in [0.15, 0.2) is 0 Å². The number of hydrogen-bond donors (Lipinski definition) is 1. The van der Waals surface area contributed by atoms with Crippen LogP contribution in [0.4, 0.5) is 0 Å². The Balaban J connectivity index is 2.77. The van der Waals surface area contributed by atoms with Crippen LogP contribution in [-0.2, 0) is 9.53 Å². The number of aliphatic hydroxyl groups excluding tert-OH is 1. The summed E-state index contributed by atoms with van der Waals surface area (Å²) in [6.45, 7) is 4.97. The Hall–Kier alpha value is -0.830. The third-order valence-electron chi connectivity index (χ3n) is 1.36. The summed E-state index contributed by atoms with van der Waals surface area (Å²) in [6.07, 6.45) is -1.23. The number of esters is 1. The van der Waals surface area contributed by atoms with E-state index in [0.717, 1.165) is 0 Å². The first-order valence-electron chi connectivity index (χ1n) is 2.71. The number of rotatable bonds is 0. The SMILES string of the molecule is C=C1C(=O)O[C@@H](C)[C@H]1O. The minimum atomic E-state index is -0.808. The van der Waals surface area contributed by atoms with Crippen LogP contribution in [0.25, 0.3) is 0 Å². The fourth-order valence-electron chi connectivity index (χ4n) is 0.713. The van der Waals surface area contributed by atoms with Gasteiger partial charge in [0.2, 0.25) is 0 Å². The molecule has 1 rings (SSSR count). The third kappa shape index (κ3) is 0.833. The molecule has 0 spiro atoms. The zero-order valence-corrected chi connectivity index (χ0v) is 5.13. The summed E-state index contributed by atoms with van der Waals surface area (Å²) in [7, 11) is 0. The molecule has 1 aliphatic heterocycles. The summed E-state index contributed by atoms with van der Waals surface area (Å²) in [6, 6.07) is 0. The van der Waals surface area contributed by atoms with Gasteiger partial charge in [0.05, 0.1) is 5.57 Å². The lowest BCUT2D eigenvalue weighted by atomic mass is 10.1. The molecule has 0 bridgehead atoms. The fourth-order valence-corrected chi connectivity index (χ4v) is 0.713. The van der Waals surface area contributed by atoms with E-state index in [1.807, 2.05) is 0 Å². The Morgan fingerprint density at radius 1 is 1.78 bits per heavy atom. The molecule has 0 unspecified atom stereocenters. The summed E-state index contributed by atoms with van der Waals surface area (Å²) in [5.41, 5.74) is 0.155. The van der Waals surface area contributed by atoms with Crippen LogP contribution < -0.4 is 0 Å². The maximum atomic E-state index is 10.5. The molecule has 1 saturated heterocycles. The first kappa shape index (κ1) is 6.29. The van der Waals surface area contributed by atoms with E-state index >= 15 is 0 Å². The predicted molar refractivity (Wildman–Crippen MR) is 30.7 cm³/mol. The van der Waals surface area contributed by atoms with Gasteiger partial charge >= 0.3 is 5.97 Å². The first-order chi connectivity index (χ1) is 4.13. The van der Waals surface area contributed by atoms with E-state index in [-0.39, 0.29) is 5.57 Å². The van der Waals surface area contributed by atoms with Crippen molar-refractivity contribution in [2.24, 2.45) is 0 Å². The number of ether oxygens (including phenoxy) is 1. The lowest BCUT2D eigenvalue weighted by Crippen LogP contribution is -2.16. The Labute approximate surface area is 52.9 Å². The average Bonchev–Trinajstić information content (AvgIpc) is 1.98. The molecule has 0 amide bonds. The van der Waals surface area contributed by atoms with Gasteiger partial charge in [-0.1, -0.05) is 6.58 Å². The molecule has 0 aromatic heterocycles. The van der Waals surface area contributed by atoms with Crippen LogP contribution in [0.1, 0.15) is 6.92 Å². The lowest BCUT2D eigenvalue weighted by molar-refractivity contribution is -0.138. The molecule has 0 aromatic carbocycles. The monoisotopic (exact) mass is 128 g/mol. The van der Waals surface area contributed by atoms with Crippen molar-refractivity contribution < 1.29 is 14.6 Å². The number of cyclic esters (lactones) is 1. The average molecular weight is 128 g/mol. The van der Waals surface area contributed by atoms with Gasteiger partial charge < -0.3 is 9.84 Å². The van der Waals surface area contributed by atoms with Crippen molar-refractivity contribution in [1.82, 2.24) is 0 Å². The van der Waals surface area contributed by atoms with Gasteiger partial charge in [-0.15, -0.1) is 0 Å². The van der Waals surface area contributed by atoms with Crippen LogP contribution in [0, 0.1) is 0 Å². The quantitative estimate of drug-likeness (QED) is 0.364. The van der Waals surface area contributed by atoms with E-state index in [9.17, 15) is 4.79 Å². The summed E-state index contributed by atoms with van der Waals surface area (Å²) in [5.74, 6) is -0.491. The fraction of sp³-hybridized carbons (Fsp3) is 0.500. The highest BCUT2D eigenvalue weighted by molar-refractivity contribution is 5.91. The van der Waals surface area contributed by atoms with Gasteiger partial charge in [-0.05, 0) is 6.92 Å². The van der Waals surface area contributed by atoms with Crippen molar-refractivity contribution in [2.45, 2.75) is 19.1 Å². The van der Waals surface area contributed by atoms with Crippen molar-refractivity contribution >= 4 is 5.97 Å². The lowest BCUT2D eigenvalue weighted by Gasteiger charge is -2.03. The second-order valence-corrected chi connectivity index (χ2v) is 2.08. The van der Waals surface area contributed by atoms with E-state index in [2.05, 4.69) is 11.3 Å². The van der Waals surface area contributed by atoms with Gasteiger partial charge in [0, 0.05) is 0 Å². The van der Waals surface area contributed by atoms with Gasteiger partial charge in [0.25, 0.3) is 0 Å². The van der Waals surface area contributed by atoms with E-state index in [1.54, 1.807) is 6.92 Å². The Morgan fingerprint density at radius 2 is 2.33 bits per heavy atom. The summed E-state index contributed by atoms with van der Waals surface area (Å²) >= 11 is 0. The Kier molecular flexibility index (Phi) is 1.29. The topological polar surface area (TPSA) is 46.5 Å². The molecule has 0 aliphatic carbocycles. The van der Waals surface area contributed by atoms with Crippen LogP contribution in [0.5, 0.6) is 0 Å². The molecule has 9 heavy (non-hydrogen) atoms. The minimum absolute atomic E-state index is 0.155. The van der Waals surface area contributed by atoms with Gasteiger partial charge in [-0.25, -0.2) is 4.79 Å². The summed E-state index contributed by atoms with van der Waals surface area (Å²) in [5, 5.41) is 8.99. The smallest absolute Gasteiger partial charge is 0.336 e. The largest absolute Gasteiger partial charge is 0.456 e. The van der Waals surface area contributed by atoms with Crippen LogP contribution in [0.2, 0.25) is 0 Å². The van der Waals surface area contributed by atoms with Gasteiger partial charge in [-0.3, -0.25) is 0 Å². The van der Waals surface area contributed by atoms with Crippen LogP contribution in [0.15, 0.2) is 12.2 Å². The third-order valence-corrected chi connectivity index (χ3v) is 1.36. The van der Waals surface area contributed by atoms with E-state index in [4.69, 9.17) is 5.11 Å². The number of aliphatic hydroxyl groups is 1. The molecule has 1 heterocycles. The molecule has 0 radical (unpaired) electrons. The molecule has 50 valence electrons. The van der Waals surface area contributed by atoms with E-state index in [1.165, 1.54) is 0 Å². The minimum Gasteiger partial charge on any atom is -0.456 e. The Morgan fingerprint density at radius 3 is 2.44 bits per heavy atom. The van der Waals surface area contributed by atoms with Crippen molar-refractivity contribution in [3.8, 4) is 0 Å². The highest BCUT2D eigenvalue weighted by atomic mass is 16.6. The second-order valence-electron chi connectivity index (χ2n) is 2.08. The maximum absolute atomic E-state index is 10.5.